The summed E-state index contributed by atoms with van der Waals surface area (Å²) < 4.78 is 0. The predicted octanol–water partition coefficient (Wildman–Crippen LogP) is 3.51. The monoisotopic (exact) mass is 333 g/mol. The molecule has 0 aliphatic carbocycles. The number of nitrogens with zero attached hydrogens (tertiary/aromatic N) is 2. The zero-order chi connectivity index (χ0) is 17.4. The normalized spacial score (nSPS) is 15.3. The van der Waals surface area contributed by atoms with Gasteiger partial charge in [-0.1, -0.05) is 38.3 Å². The summed E-state index contributed by atoms with van der Waals surface area (Å²) in [7, 11) is 0. The van der Waals surface area contributed by atoms with E-state index >= 15 is 0 Å². The molecule has 6 nitrogen and oxygen atoms in total. The Morgan fingerprint density at radius 1 is 1.25 bits per heavy atom. The molecular weight excluding hydrogens is 306 g/mol. The maximum atomic E-state index is 12.2. The second-order valence-corrected chi connectivity index (χ2v) is 6.36. The van der Waals surface area contributed by atoms with Gasteiger partial charge in [0.05, 0.1) is 4.92 Å². The molecule has 1 aromatic carbocycles. The molecule has 0 spiro atoms. The van der Waals surface area contributed by atoms with Gasteiger partial charge in [-0.3, -0.25) is 14.9 Å². The van der Waals surface area contributed by atoms with E-state index < -0.39 is 0 Å². The summed E-state index contributed by atoms with van der Waals surface area (Å²) in [5.41, 5.74) is 0.789. The molecule has 1 N–H and O–H groups in total. The first kappa shape index (κ1) is 18.2. The standard InChI is InChI=1S/C18H27N3O3/c1-2-3-4-7-12-19-18(22)15-10-13-20(14-11-15)16-8-5-6-9-17(16)21(23)24/h5-6,8-9,15H,2-4,7,10-14H2,1H3,(H,19,22). The molecule has 0 aromatic heterocycles. The van der Waals surface area contributed by atoms with Gasteiger partial charge in [-0.15, -0.1) is 0 Å². The second-order valence-electron chi connectivity index (χ2n) is 6.36. The van der Waals surface area contributed by atoms with Crippen LogP contribution in [0.15, 0.2) is 24.3 Å². The lowest BCUT2D eigenvalue weighted by Gasteiger charge is -2.32. The average molecular weight is 333 g/mol. The van der Waals surface area contributed by atoms with Crippen molar-refractivity contribution in [1.29, 1.82) is 0 Å². The van der Waals surface area contributed by atoms with E-state index in [0.717, 1.165) is 32.2 Å². The number of benzene rings is 1. The molecule has 0 unspecified atom stereocenters. The maximum Gasteiger partial charge on any atom is 0.292 e. The van der Waals surface area contributed by atoms with Crippen LogP contribution in [0.4, 0.5) is 11.4 Å². The molecule has 1 aliphatic rings. The summed E-state index contributed by atoms with van der Waals surface area (Å²) in [6, 6.07) is 6.81. The fourth-order valence-corrected chi connectivity index (χ4v) is 3.18. The third-order valence-electron chi connectivity index (χ3n) is 4.61. The minimum atomic E-state index is -0.343. The van der Waals surface area contributed by atoms with Crippen LogP contribution in [0.1, 0.15) is 45.4 Å². The van der Waals surface area contributed by atoms with Gasteiger partial charge in [-0.25, -0.2) is 0 Å². The van der Waals surface area contributed by atoms with Crippen molar-refractivity contribution in [3.8, 4) is 0 Å². The van der Waals surface area contributed by atoms with Gasteiger partial charge >= 0.3 is 0 Å². The van der Waals surface area contributed by atoms with Crippen LogP contribution in [0.3, 0.4) is 0 Å². The van der Waals surface area contributed by atoms with Crippen LogP contribution in [-0.2, 0) is 4.79 Å². The zero-order valence-electron chi connectivity index (χ0n) is 14.4. The van der Waals surface area contributed by atoms with Crippen molar-refractivity contribution in [3.05, 3.63) is 34.4 Å². The number of amides is 1. The lowest BCUT2D eigenvalue weighted by molar-refractivity contribution is -0.384. The molecule has 0 saturated carbocycles. The number of carbonyl (C=O) groups excluding carboxylic acids is 1. The quantitative estimate of drug-likeness (QED) is 0.449. The predicted molar refractivity (Wildman–Crippen MR) is 95.2 cm³/mol. The number of carbonyl (C=O) groups is 1. The summed E-state index contributed by atoms with van der Waals surface area (Å²) in [5, 5.41) is 14.2. The molecule has 6 heteroatoms. The van der Waals surface area contributed by atoms with Crippen LogP contribution in [-0.4, -0.2) is 30.5 Å². The van der Waals surface area contributed by atoms with Gasteiger partial charge in [0.1, 0.15) is 5.69 Å². The highest BCUT2D eigenvalue weighted by molar-refractivity contribution is 5.79. The van der Waals surface area contributed by atoms with Crippen LogP contribution in [0.2, 0.25) is 0 Å². The van der Waals surface area contributed by atoms with Crippen LogP contribution < -0.4 is 10.2 Å². The van der Waals surface area contributed by atoms with Gasteiger partial charge in [0, 0.05) is 31.6 Å². The van der Waals surface area contributed by atoms with E-state index in [9.17, 15) is 14.9 Å². The van der Waals surface area contributed by atoms with Crippen molar-refractivity contribution in [2.75, 3.05) is 24.5 Å². The van der Waals surface area contributed by atoms with Gasteiger partial charge < -0.3 is 10.2 Å². The van der Waals surface area contributed by atoms with Crippen molar-refractivity contribution in [1.82, 2.24) is 5.32 Å². The van der Waals surface area contributed by atoms with E-state index in [4.69, 9.17) is 0 Å². The van der Waals surface area contributed by atoms with E-state index in [2.05, 4.69) is 12.2 Å². The smallest absolute Gasteiger partial charge is 0.292 e. The first-order valence-corrected chi connectivity index (χ1v) is 8.89. The molecular formula is C18H27N3O3. The molecule has 1 heterocycles. The Morgan fingerprint density at radius 2 is 1.96 bits per heavy atom. The summed E-state index contributed by atoms with van der Waals surface area (Å²) in [5.74, 6) is 0.156. The van der Waals surface area contributed by atoms with E-state index in [-0.39, 0.29) is 22.4 Å². The van der Waals surface area contributed by atoms with Crippen LogP contribution in [0.25, 0.3) is 0 Å². The molecule has 1 amide bonds. The molecule has 1 fully saturated rings. The number of nitro groups is 1. The summed E-state index contributed by atoms with van der Waals surface area (Å²) in [6.45, 7) is 4.28. The summed E-state index contributed by atoms with van der Waals surface area (Å²) >= 11 is 0. The molecule has 0 atom stereocenters. The number of piperidine rings is 1. The Kier molecular flexibility index (Phi) is 7.03. The molecule has 0 radical (unpaired) electrons. The van der Waals surface area contributed by atoms with Crippen LogP contribution in [0, 0.1) is 16.0 Å². The Balaban J connectivity index is 1.81. The lowest BCUT2D eigenvalue weighted by atomic mass is 9.95. The Labute approximate surface area is 143 Å². The van der Waals surface area contributed by atoms with E-state index in [0.29, 0.717) is 18.8 Å². The number of hydrogen-bond donors (Lipinski definition) is 1. The number of nitro benzene ring substituents is 1. The van der Waals surface area contributed by atoms with Gasteiger partial charge in [0.15, 0.2) is 0 Å². The Bertz CT molecular complexity index is 554. The summed E-state index contributed by atoms with van der Waals surface area (Å²) in [6.07, 6.45) is 6.09. The minimum absolute atomic E-state index is 0.0233. The highest BCUT2D eigenvalue weighted by atomic mass is 16.6. The van der Waals surface area contributed by atoms with Gasteiger partial charge in [0.25, 0.3) is 5.69 Å². The Morgan fingerprint density at radius 3 is 2.62 bits per heavy atom. The molecule has 24 heavy (non-hydrogen) atoms. The zero-order valence-corrected chi connectivity index (χ0v) is 14.4. The van der Waals surface area contributed by atoms with E-state index in [1.54, 1.807) is 12.1 Å². The van der Waals surface area contributed by atoms with Crippen molar-refractivity contribution in [3.63, 3.8) is 0 Å². The fraction of sp³-hybridized carbons (Fsp3) is 0.611. The van der Waals surface area contributed by atoms with Crippen molar-refractivity contribution >= 4 is 17.3 Å². The minimum Gasteiger partial charge on any atom is -0.366 e. The third-order valence-corrected chi connectivity index (χ3v) is 4.61. The fourth-order valence-electron chi connectivity index (χ4n) is 3.18. The number of para-hydroxylation sites is 2. The van der Waals surface area contributed by atoms with Gasteiger partial charge in [-0.05, 0) is 25.3 Å². The average Bonchev–Trinajstić information content (AvgIpc) is 2.61. The Hall–Kier alpha value is -2.11. The summed E-state index contributed by atoms with van der Waals surface area (Å²) in [4.78, 5) is 25.0. The number of hydrogen-bond acceptors (Lipinski definition) is 4. The molecule has 2 rings (SSSR count). The third kappa shape index (κ3) is 4.94. The van der Waals surface area contributed by atoms with Gasteiger partial charge in [-0.2, -0.15) is 0 Å². The molecule has 1 aliphatic heterocycles. The molecule has 1 saturated heterocycles. The largest absolute Gasteiger partial charge is 0.366 e. The van der Waals surface area contributed by atoms with E-state index in [1.807, 2.05) is 11.0 Å². The lowest BCUT2D eigenvalue weighted by Crippen LogP contribution is -2.41. The number of nitrogens with one attached hydrogen (secondary N) is 1. The topological polar surface area (TPSA) is 75.5 Å². The highest BCUT2D eigenvalue weighted by Gasteiger charge is 2.27. The second kappa shape index (κ2) is 9.25. The van der Waals surface area contributed by atoms with Crippen molar-refractivity contribution < 1.29 is 9.72 Å². The first-order valence-electron chi connectivity index (χ1n) is 8.89. The maximum absolute atomic E-state index is 12.2. The molecule has 1 aromatic rings. The van der Waals surface area contributed by atoms with Crippen molar-refractivity contribution in [2.45, 2.75) is 45.4 Å². The number of unbranched alkanes of at least 4 members (excludes halogenated alkanes) is 3. The van der Waals surface area contributed by atoms with Crippen LogP contribution in [0.5, 0.6) is 0 Å². The highest BCUT2D eigenvalue weighted by Crippen LogP contribution is 2.31. The SMILES string of the molecule is CCCCCCNC(=O)C1CCN(c2ccccc2[N+](=O)[O-])CC1. The first-order chi connectivity index (χ1) is 11.6. The number of rotatable bonds is 8. The number of anilines is 1. The van der Waals surface area contributed by atoms with Gasteiger partial charge in [0.2, 0.25) is 5.91 Å². The molecule has 132 valence electrons. The van der Waals surface area contributed by atoms with Crippen molar-refractivity contribution in [2.24, 2.45) is 5.92 Å². The van der Waals surface area contributed by atoms with Crippen LogP contribution >= 0.6 is 0 Å². The molecule has 0 bridgehead atoms. The van der Waals surface area contributed by atoms with E-state index in [1.165, 1.54) is 18.9 Å².